The highest BCUT2D eigenvalue weighted by Gasteiger charge is 2.15. The van der Waals surface area contributed by atoms with Crippen LogP contribution in [-0.2, 0) is 6.42 Å². The molecule has 3 rings (SSSR count). The van der Waals surface area contributed by atoms with Crippen molar-refractivity contribution in [3.63, 3.8) is 0 Å². The lowest BCUT2D eigenvalue weighted by molar-refractivity contribution is 0.518. The summed E-state index contributed by atoms with van der Waals surface area (Å²) in [6.45, 7) is 8.61. The minimum Gasteiger partial charge on any atom is -0.312 e. The molecule has 0 amide bonds. The predicted molar refractivity (Wildman–Crippen MR) is 88.1 cm³/mol. The fraction of sp³-hybridized carbons (Fsp3) is 0.368. The van der Waals surface area contributed by atoms with Crippen LogP contribution in [0, 0.1) is 0 Å². The van der Waals surface area contributed by atoms with E-state index < -0.39 is 0 Å². The van der Waals surface area contributed by atoms with Gasteiger partial charge in [0.05, 0.1) is 0 Å². The third-order valence-electron chi connectivity index (χ3n) is 3.37. The van der Waals surface area contributed by atoms with Gasteiger partial charge in [-0.25, -0.2) is 0 Å². The molecule has 0 saturated heterocycles. The van der Waals surface area contributed by atoms with Gasteiger partial charge < -0.3 is 5.32 Å². The molecule has 0 fully saturated rings. The third-order valence-corrected chi connectivity index (χ3v) is 3.37. The monoisotopic (exact) mass is 267 g/mol. The number of nitrogens with one attached hydrogen (secondary N) is 1. The minimum absolute atomic E-state index is 0.625. The average molecular weight is 267 g/mol. The molecular weight excluding hydrogens is 242 g/mol. The summed E-state index contributed by atoms with van der Waals surface area (Å²) < 4.78 is 0. The second-order valence-electron chi connectivity index (χ2n) is 5.97. The van der Waals surface area contributed by atoms with Crippen LogP contribution in [0.15, 0.2) is 48.5 Å². The summed E-state index contributed by atoms with van der Waals surface area (Å²) in [5, 5.41) is 3.31. The Kier molecular flexibility index (Phi) is 4.97. The largest absolute Gasteiger partial charge is 0.312 e. The van der Waals surface area contributed by atoms with E-state index in [0.29, 0.717) is 12.1 Å². The van der Waals surface area contributed by atoms with Crippen LogP contribution in [0.1, 0.15) is 38.8 Å². The fourth-order valence-corrected chi connectivity index (χ4v) is 2.75. The van der Waals surface area contributed by atoms with Gasteiger partial charge in [0.2, 0.25) is 0 Å². The first-order valence-electron chi connectivity index (χ1n) is 7.50. The summed E-state index contributed by atoms with van der Waals surface area (Å²) in [6.07, 6.45) is 1.10. The molecule has 0 aliphatic heterocycles. The highest BCUT2D eigenvalue weighted by Crippen LogP contribution is 2.35. The first-order chi connectivity index (χ1) is 9.58. The molecule has 0 aromatic heterocycles. The molecule has 1 aliphatic rings. The number of hydrogen-bond acceptors (Lipinski definition) is 1. The quantitative estimate of drug-likeness (QED) is 0.712. The molecule has 106 valence electrons. The maximum Gasteiger partial charge on any atom is 0.00127 e. The molecule has 1 aliphatic carbocycles. The average Bonchev–Trinajstić information content (AvgIpc) is 2.76. The van der Waals surface area contributed by atoms with Crippen molar-refractivity contribution >= 4 is 0 Å². The summed E-state index contributed by atoms with van der Waals surface area (Å²) >= 11 is 0. The first-order valence-corrected chi connectivity index (χ1v) is 7.50. The summed E-state index contributed by atoms with van der Waals surface area (Å²) in [5.74, 6) is 0. The van der Waals surface area contributed by atoms with Crippen LogP contribution < -0.4 is 5.32 Å². The molecule has 0 unspecified atom stereocenters. The predicted octanol–water partition coefficient (Wildman–Crippen LogP) is 4.65. The Balaban J connectivity index is 0.000000182. The standard InChI is InChI=1S/C13H10.C6H15N/c1-3-7-12-10(5-1)9-11-6-2-4-8-13(11)12;1-5(2)7-6(3)4/h1-8H,9H2;5-7H,1-4H3. The lowest BCUT2D eigenvalue weighted by Crippen LogP contribution is -2.29. The Morgan fingerprint density at radius 3 is 1.45 bits per heavy atom. The summed E-state index contributed by atoms with van der Waals surface area (Å²) in [5.41, 5.74) is 5.75. The molecule has 2 aromatic rings. The van der Waals surface area contributed by atoms with Gasteiger partial charge in [0, 0.05) is 12.1 Å². The molecule has 0 atom stereocenters. The van der Waals surface area contributed by atoms with E-state index in [4.69, 9.17) is 0 Å². The van der Waals surface area contributed by atoms with Crippen LogP contribution in [0.5, 0.6) is 0 Å². The number of benzene rings is 2. The molecule has 2 aromatic carbocycles. The van der Waals surface area contributed by atoms with Gasteiger partial charge in [-0.1, -0.05) is 76.2 Å². The number of hydrogen-bond donors (Lipinski definition) is 1. The Morgan fingerprint density at radius 2 is 1.10 bits per heavy atom. The first kappa shape index (κ1) is 14.8. The van der Waals surface area contributed by atoms with Crippen molar-refractivity contribution in [2.24, 2.45) is 0 Å². The number of rotatable bonds is 2. The van der Waals surface area contributed by atoms with Crippen molar-refractivity contribution in [2.75, 3.05) is 0 Å². The van der Waals surface area contributed by atoms with Crippen molar-refractivity contribution in [3.05, 3.63) is 59.7 Å². The lowest BCUT2D eigenvalue weighted by atomic mass is 10.1. The molecule has 0 radical (unpaired) electrons. The van der Waals surface area contributed by atoms with Gasteiger partial charge in [-0.15, -0.1) is 0 Å². The second-order valence-corrected chi connectivity index (χ2v) is 5.97. The normalized spacial score (nSPS) is 11.9. The van der Waals surface area contributed by atoms with Gasteiger partial charge in [0.1, 0.15) is 0 Å². The van der Waals surface area contributed by atoms with E-state index in [1.54, 1.807) is 0 Å². The van der Waals surface area contributed by atoms with Gasteiger partial charge in [-0.3, -0.25) is 0 Å². The van der Waals surface area contributed by atoms with E-state index in [9.17, 15) is 0 Å². The molecule has 20 heavy (non-hydrogen) atoms. The Morgan fingerprint density at radius 1 is 0.700 bits per heavy atom. The number of fused-ring (bicyclic) bond motifs is 3. The smallest absolute Gasteiger partial charge is 0.00127 e. The van der Waals surface area contributed by atoms with Gasteiger partial charge in [-0.05, 0) is 28.7 Å². The van der Waals surface area contributed by atoms with Gasteiger partial charge in [0.15, 0.2) is 0 Å². The molecule has 1 heteroatoms. The van der Waals surface area contributed by atoms with Crippen LogP contribution >= 0.6 is 0 Å². The summed E-state index contributed by atoms with van der Waals surface area (Å²) in [4.78, 5) is 0. The van der Waals surface area contributed by atoms with E-state index in [1.807, 2.05) is 0 Å². The van der Waals surface area contributed by atoms with Crippen LogP contribution in [0.3, 0.4) is 0 Å². The molecule has 0 heterocycles. The van der Waals surface area contributed by atoms with Crippen molar-refractivity contribution in [1.29, 1.82) is 0 Å². The van der Waals surface area contributed by atoms with E-state index in [2.05, 4.69) is 81.5 Å². The van der Waals surface area contributed by atoms with Crippen molar-refractivity contribution < 1.29 is 0 Å². The highest BCUT2D eigenvalue weighted by atomic mass is 14.9. The Hall–Kier alpha value is -1.60. The zero-order chi connectivity index (χ0) is 14.5. The topological polar surface area (TPSA) is 12.0 Å². The second kappa shape index (κ2) is 6.71. The minimum atomic E-state index is 0.625. The third kappa shape index (κ3) is 3.71. The SMILES string of the molecule is CC(C)NC(C)C.c1ccc2c(c1)Cc1ccccc1-2. The molecule has 1 nitrogen and oxygen atoms in total. The Labute approximate surface area is 123 Å². The van der Waals surface area contributed by atoms with Crippen molar-refractivity contribution in [3.8, 4) is 11.1 Å². The van der Waals surface area contributed by atoms with Crippen LogP contribution in [0.2, 0.25) is 0 Å². The fourth-order valence-electron chi connectivity index (χ4n) is 2.75. The summed E-state index contributed by atoms with van der Waals surface area (Å²) in [7, 11) is 0. The molecular formula is C19H25N. The van der Waals surface area contributed by atoms with Crippen molar-refractivity contribution in [1.82, 2.24) is 5.32 Å². The van der Waals surface area contributed by atoms with Crippen LogP contribution in [0.4, 0.5) is 0 Å². The lowest BCUT2D eigenvalue weighted by Gasteiger charge is -2.10. The highest BCUT2D eigenvalue weighted by molar-refractivity contribution is 5.76. The van der Waals surface area contributed by atoms with Gasteiger partial charge in [-0.2, -0.15) is 0 Å². The van der Waals surface area contributed by atoms with Gasteiger partial charge in [0.25, 0.3) is 0 Å². The van der Waals surface area contributed by atoms with E-state index in [-0.39, 0.29) is 0 Å². The molecule has 0 bridgehead atoms. The maximum absolute atomic E-state index is 3.31. The molecule has 0 spiro atoms. The summed E-state index contributed by atoms with van der Waals surface area (Å²) in [6, 6.07) is 18.6. The van der Waals surface area contributed by atoms with Gasteiger partial charge >= 0.3 is 0 Å². The van der Waals surface area contributed by atoms with E-state index >= 15 is 0 Å². The van der Waals surface area contributed by atoms with Crippen LogP contribution in [-0.4, -0.2) is 12.1 Å². The van der Waals surface area contributed by atoms with Crippen molar-refractivity contribution in [2.45, 2.75) is 46.2 Å². The zero-order valence-corrected chi connectivity index (χ0v) is 13.0. The van der Waals surface area contributed by atoms with E-state index in [1.165, 1.54) is 22.3 Å². The molecule has 0 saturated carbocycles. The Bertz CT molecular complexity index is 506. The maximum atomic E-state index is 3.31. The van der Waals surface area contributed by atoms with E-state index in [0.717, 1.165) is 6.42 Å². The molecule has 1 N–H and O–H groups in total. The van der Waals surface area contributed by atoms with Crippen LogP contribution in [0.25, 0.3) is 11.1 Å². The zero-order valence-electron chi connectivity index (χ0n) is 13.0.